The Kier molecular flexibility index (Phi) is 2.31. The molecule has 2 heteroatoms. The predicted octanol–water partition coefficient (Wildman–Crippen LogP) is 1.18. The van der Waals surface area contributed by atoms with Crippen LogP contribution >= 0.6 is 0 Å². The summed E-state index contributed by atoms with van der Waals surface area (Å²) < 4.78 is 4.63. The van der Waals surface area contributed by atoms with Gasteiger partial charge in [-0.15, -0.1) is 0 Å². The fraction of sp³-hybridized carbons (Fsp3) is 0.571. The number of carbonyl (C=O) groups excluding carboxylic acids is 1. The molecule has 49 valence electrons. The fourth-order valence-electron chi connectivity index (χ4n) is 0.941. The van der Waals surface area contributed by atoms with Crippen molar-refractivity contribution >= 4 is 6.47 Å². The normalized spacial score (nSPS) is 25.6. The molecular weight excluding hydrogens is 116 g/mol. The molecular formula is C7H9O2. The fourth-order valence-corrected chi connectivity index (χ4v) is 0.941. The van der Waals surface area contributed by atoms with Gasteiger partial charge in [-0.2, -0.15) is 0 Å². The lowest BCUT2D eigenvalue weighted by Crippen LogP contribution is -2.12. The summed E-state index contributed by atoms with van der Waals surface area (Å²) in [7, 11) is 0. The molecule has 0 fully saturated rings. The molecule has 9 heavy (non-hydrogen) atoms. The third-order valence-corrected chi connectivity index (χ3v) is 1.44. The zero-order valence-electron chi connectivity index (χ0n) is 5.17. The Hall–Kier alpha value is -0.790. The lowest BCUT2D eigenvalue weighted by molar-refractivity contribution is 0.167. The second-order valence-corrected chi connectivity index (χ2v) is 2.11. The van der Waals surface area contributed by atoms with Crippen LogP contribution in [0.3, 0.4) is 0 Å². The zero-order chi connectivity index (χ0) is 6.53. The predicted molar refractivity (Wildman–Crippen MR) is 33.6 cm³/mol. The van der Waals surface area contributed by atoms with Gasteiger partial charge in [0, 0.05) is 6.42 Å². The molecule has 0 N–H and O–H groups in total. The standard InChI is InChI=1S/C7H9O2/c8-6-9-7-4-2-1-3-5-7/h1-2,7H,3-5H2. The van der Waals surface area contributed by atoms with Crippen molar-refractivity contribution in [1.29, 1.82) is 0 Å². The second kappa shape index (κ2) is 3.28. The van der Waals surface area contributed by atoms with E-state index >= 15 is 0 Å². The highest BCUT2D eigenvalue weighted by molar-refractivity contribution is 5.38. The average Bonchev–Trinajstić information content (AvgIpc) is 1.91. The van der Waals surface area contributed by atoms with Gasteiger partial charge >= 0.3 is 6.47 Å². The van der Waals surface area contributed by atoms with Crippen molar-refractivity contribution in [3.63, 3.8) is 0 Å². The molecule has 0 saturated heterocycles. The number of rotatable bonds is 2. The van der Waals surface area contributed by atoms with E-state index in [4.69, 9.17) is 0 Å². The minimum Gasteiger partial charge on any atom is -0.454 e. The van der Waals surface area contributed by atoms with Crippen LogP contribution in [-0.2, 0) is 9.53 Å². The summed E-state index contributed by atoms with van der Waals surface area (Å²) in [5, 5.41) is 0. The molecule has 1 radical (unpaired) electrons. The molecule has 1 aliphatic rings. The molecule has 1 rings (SSSR count). The van der Waals surface area contributed by atoms with E-state index < -0.39 is 0 Å². The molecule has 1 unspecified atom stereocenters. The van der Waals surface area contributed by atoms with Gasteiger partial charge in [0.05, 0.1) is 0 Å². The molecule has 0 aliphatic heterocycles. The Labute approximate surface area is 54.5 Å². The van der Waals surface area contributed by atoms with Crippen LogP contribution in [0.1, 0.15) is 19.3 Å². The first-order valence-corrected chi connectivity index (χ1v) is 3.11. The van der Waals surface area contributed by atoms with E-state index in [9.17, 15) is 4.79 Å². The number of hydrogen-bond acceptors (Lipinski definition) is 2. The Morgan fingerprint density at radius 1 is 1.56 bits per heavy atom. The van der Waals surface area contributed by atoms with E-state index in [2.05, 4.69) is 10.8 Å². The number of hydrogen-bond donors (Lipinski definition) is 0. The summed E-state index contributed by atoms with van der Waals surface area (Å²) in [5.41, 5.74) is 0. The summed E-state index contributed by atoms with van der Waals surface area (Å²) in [5.74, 6) is 0. The summed E-state index contributed by atoms with van der Waals surface area (Å²) in [6, 6.07) is 0. The molecule has 0 saturated carbocycles. The van der Waals surface area contributed by atoms with E-state index in [0.29, 0.717) is 0 Å². The zero-order valence-corrected chi connectivity index (χ0v) is 5.17. The van der Waals surface area contributed by atoms with Crippen LogP contribution in [0.2, 0.25) is 0 Å². The maximum atomic E-state index is 9.70. The third kappa shape index (κ3) is 1.88. The molecule has 0 bridgehead atoms. The van der Waals surface area contributed by atoms with Gasteiger partial charge < -0.3 is 4.74 Å². The van der Waals surface area contributed by atoms with Crippen LogP contribution in [0, 0.1) is 0 Å². The summed E-state index contributed by atoms with van der Waals surface area (Å²) in [4.78, 5) is 9.70. The smallest absolute Gasteiger partial charge is 0.417 e. The van der Waals surface area contributed by atoms with Gasteiger partial charge in [0.2, 0.25) is 0 Å². The van der Waals surface area contributed by atoms with Crippen molar-refractivity contribution in [3.05, 3.63) is 12.2 Å². The van der Waals surface area contributed by atoms with Crippen molar-refractivity contribution < 1.29 is 9.53 Å². The van der Waals surface area contributed by atoms with Gasteiger partial charge in [0.25, 0.3) is 0 Å². The molecule has 0 spiro atoms. The van der Waals surface area contributed by atoms with Crippen LogP contribution in [0.4, 0.5) is 0 Å². The van der Waals surface area contributed by atoms with E-state index in [1.165, 1.54) is 6.47 Å². The van der Waals surface area contributed by atoms with E-state index in [0.717, 1.165) is 19.3 Å². The van der Waals surface area contributed by atoms with Gasteiger partial charge in [-0.25, -0.2) is 4.79 Å². The van der Waals surface area contributed by atoms with Gasteiger partial charge in [0.15, 0.2) is 0 Å². The van der Waals surface area contributed by atoms with Crippen LogP contribution in [0.5, 0.6) is 0 Å². The largest absolute Gasteiger partial charge is 0.454 e. The molecule has 0 aromatic rings. The van der Waals surface area contributed by atoms with Crippen LogP contribution < -0.4 is 0 Å². The lowest BCUT2D eigenvalue weighted by atomic mass is 10.1. The first-order chi connectivity index (χ1) is 4.43. The second-order valence-electron chi connectivity index (χ2n) is 2.11. The highest BCUT2D eigenvalue weighted by Gasteiger charge is 2.08. The quantitative estimate of drug-likeness (QED) is 0.518. The van der Waals surface area contributed by atoms with Crippen molar-refractivity contribution in [2.75, 3.05) is 0 Å². The first-order valence-electron chi connectivity index (χ1n) is 3.11. The minimum atomic E-state index is 0.0903. The highest BCUT2D eigenvalue weighted by Crippen LogP contribution is 2.12. The van der Waals surface area contributed by atoms with Crippen LogP contribution in [-0.4, -0.2) is 12.6 Å². The topological polar surface area (TPSA) is 26.3 Å². The Bertz CT molecular complexity index is 118. The maximum absolute atomic E-state index is 9.70. The monoisotopic (exact) mass is 125 g/mol. The van der Waals surface area contributed by atoms with Crippen molar-refractivity contribution in [1.82, 2.24) is 0 Å². The van der Waals surface area contributed by atoms with Crippen molar-refractivity contribution in [3.8, 4) is 0 Å². The highest BCUT2D eigenvalue weighted by atomic mass is 16.5. The summed E-state index contributed by atoms with van der Waals surface area (Å²) in [6.45, 7) is 1.45. The molecule has 0 aromatic heterocycles. The van der Waals surface area contributed by atoms with Gasteiger partial charge in [-0.3, -0.25) is 0 Å². The van der Waals surface area contributed by atoms with Crippen LogP contribution in [0.25, 0.3) is 0 Å². The van der Waals surface area contributed by atoms with Gasteiger partial charge in [-0.05, 0) is 12.8 Å². The molecule has 0 heterocycles. The Morgan fingerprint density at radius 3 is 3.00 bits per heavy atom. The maximum Gasteiger partial charge on any atom is 0.417 e. The Morgan fingerprint density at radius 2 is 2.44 bits per heavy atom. The molecule has 0 amide bonds. The molecule has 0 aromatic carbocycles. The number of ether oxygens (including phenoxy) is 1. The van der Waals surface area contributed by atoms with Gasteiger partial charge in [-0.1, -0.05) is 12.2 Å². The lowest BCUT2D eigenvalue weighted by Gasteiger charge is -2.13. The summed E-state index contributed by atoms with van der Waals surface area (Å²) >= 11 is 0. The third-order valence-electron chi connectivity index (χ3n) is 1.44. The van der Waals surface area contributed by atoms with E-state index in [1.807, 2.05) is 6.08 Å². The summed E-state index contributed by atoms with van der Waals surface area (Å²) in [6.07, 6.45) is 7.05. The van der Waals surface area contributed by atoms with E-state index in [1.54, 1.807) is 0 Å². The molecule has 1 aliphatic carbocycles. The van der Waals surface area contributed by atoms with Crippen molar-refractivity contribution in [2.45, 2.75) is 25.4 Å². The Balaban J connectivity index is 2.26. The van der Waals surface area contributed by atoms with Gasteiger partial charge in [0.1, 0.15) is 6.10 Å². The number of allylic oxidation sites excluding steroid dienone is 1. The SMILES string of the molecule is O=[C]OC1CC=CCC1. The average molecular weight is 125 g/mol. The molecule has 1 atom stereocenters. The van der Waals surface area contributed by atoms with Crippen LogP contribution in [0.15, 0.2) is 12.2 Å². The van der Waals surface area contributed by atoms with E-state index in [-0.39, 0.29) is 6.10 Å². The minimum absolute atomic E-state index is 0.0903. The van der Waals surface area contributed by atoms with Crippen molar-refractivity contribution in [2.24, 2.45) is 0 Å². The molecule has 2 nitrogen and oxygen atoms in total. The first kappa shape index (κ1) is 6.33.